The molecule has 20 heavy (non-hydrogen) atoms. The van der Waals surface area contributed by atoms with Gasteiger partial charge in [0.15, 0.2) is 0 Å². The van der Waals surface area contributed by atoms with Crippen molar-refractivity contribution < 1.29 is 23.4 Å². The SMILES string of the molecule is O=C(O)c1cc(F)ccc1OCc1cc(F)ccc1Cl. The number of aromatic carboxylic acids is 1. The highest BCUT2D eigenvalue weighted by Gasteiger charge is 2.13. The van der Waals surface area contributed by atoms with Crippen LogP contribution in [0, 0.1) is 11.6 Å². The molecular weight excluding hydrogens is 290 g/mol. The number of halogens is 3. The summed E-state index contributed by atoms with van der Waals surface area (Å²) in [5.41, 5.74) is 0.0601. The van der Waals surface area contributed by atoms with E-state index in [2.05, 4.69) is 0 Å². The predicted octanol–water partition coefficient (Wildman–Crippen LogP) is 3.90. The number of carbonyl (C=O) groups is 1. The fraction of sp³-hybridized carbons (Fsp3) is 0.0714. The monoisotopic (exact) mass is 298 g/mol. The Labute approximate surface area is 118 Å². The van der Waals surface area contributed by atoms with Crippen molar-refractivity contribution in [3.8, 4) is 5.75 Å². The summed E-state index contributed by atoms with van der Waals surface area (Å²) in [7, 11) is 0. The molecule has 0 amide bonds. The Morgan fingerprint density at radius 1 is 1.15 bits per heavy atom. The van der Waals surface area contributed by atoms with Crippen LogP contribution >= 0.6 is 11.6 Å². The van der Waals surface area contributed by atoms with Crippen molar-refractivity contribution in [2.24, 2.45) is 0 Å². The first-order chi connectivity index (χ1) is 9.47. The smallest absolute Gasteiger partial charge is 0.339 e. The number of carboxylic acids is 1. The standard InChI is InChI=1S/C14H9ClF2O3/c15-12-3-1-9(16)5-8(12)7-20-13-4-2-10(17)6-11(13)14(18)19/h1-6H,7H2,(H,18,19). The molecule has 1 N–H and O–H groups in total. The van der Waals surface area contributed by atoms with E-state index in [0.717, 1.165) is 12.1 Å². The summed E-state index contributed by atoms with van der Waals surface area (Å²) in [6.45, 7) is -0.123. The van der Waals surface area contributed by atoms with Gasteiger partial charge in [0.05, 0.1) is 0 Å². The second-order valence-electron chi connectivity index (χ2n) is 3.97. The molecule has 0 aliphatic carbocycles. The van der Waals surface area contributed by atoms with Crippen LogP contribution in [0.1, 0.15) is 15.9 Å². The molecule has 0 spiro atoms. The van der Waals surface area contributed by atoms with Crippen LogP contribution < -0.4 is 4.74 Å². The zero-order chi connectivity index (χ0) is 14.7. The van der Waals surface area contributed by atoms with Crippen molar-refractivity contribution in [1.29, 1.82) is 0 Å². The maximum absolute atomic E-state index is 13.1. The second kappa shape index (κ2) is 5.88. The lowest BCUT2D eigenvalue weighted by Gasteiger charge is -2.10. The molecule has 2 aromatic rings. The van der Waals surface area contributed by atoms with E-state index in [4.69, 9.17) is 21.4 Å². The van der Waals surface area contributed by atoms with Crippen LogP contribution in [0.5, 0.6) is 5.75 Å². The molecule has 0 aromatic heterocycles. The van der Waals surface area contributed by atoms with Crippen LogP contribution in [-0.4, -0.2) is 11.1 Å². The summed E-state index contributed by atoms with van der Waals surface area (Å²) >= 11 is 5.87. The van der Waals surface area contributed by atoms with Crippen LogP contribution in [0.2, 0.25) is 5.02 Å². The Hall–Kier alpha value is -2.14. The number of rotatable bonds is 4. The quantitative estimate of drug-likeness (QED) is 0.931. The van der Waals surface area contributed by atoms with E-state index in [9.17, 15) is 13.6 Å². The average Bonchev–Trinajstić information content (AvgIpc) is 2.40. The van der Waals surface area contributed by atoms with Crippen LogP contribution in [-0.2, 0) is 6.61 Å². The summed E-state index contributed by atoms with van der Waals surface area (Å²) in [5, 5.41) is 9.25. The van der Waals surface area contributed by atoms with Gasteiger partial charge in [-0.05, 0) is 36.4 Å². The Bertz CT molecular complexity index is 659. The molecule has 0 aliphatic rings. The molecule has 0 fully saturated rings. The summed E-state index contributed by atoms with van der Waals surface area (Å²) in [6.07, 6.45) is 0. The van der Waals surface area contributed by atoms with Crippen LogP contribution in [0.15, 0.2) is 36.4 Å². The van der Waals surface area contributed by atoms with Gasteiger partial charge in [0, 0.05) is 10.6 Å². The molecule has 0 atom stereocenters. The lowest BCUT2D eigenvalue weighted by Crippen LogP contribution is -2.04. The van der Waals surface area contributed by atoms with E-state index in [1.165, 1.54) is 24.3 Å². The largest absolute Gasteiger partial charge is 0.488 e. The van der Waals surface area contributed by atoms with Gasteiger partial charge < -0.3 is 9.84 Å². The van der Waals surface area contributed by atoms with Crippen molar-refractivity contribution in [3.63, 3.8) is 0 Å². The lowest BCUT2D eigenvalue weighted by atomic mass is 10.2. The van der Waals surface area contributed by atoms with Gasteiger partial charge in [-0.2, -0.15) is 0 Å². The van der Waals surface area contributed by atoms with Gasteiger partial charge in [-0.1, -0.05) is 11.6 Å². The number of hydrogen-bond acceptors (Lipinski definition) is 2. The third-order valence-electron chi connectivity index (χ3n) is 2.56. The van der Waals surface area contributed by atoms with Crippen molar-refractivity contribution in [2.45, 2.75) is 6.61 Å². The highest BCUT2D eigenvalue weighted by molar-refractivity contribution is 6.31. The van der Waals surface area contributed by atoms with Crippen LogP contribution in [0.25, 0.3) is 0 Å². The molecule has 3 nitrogen and oxygen atoms in total. The van der Waals surface area contributed by atoms with E-state index < -0.39 is 17.6 Å². The lowest BCUT2D eigenvalue weighted by molar-refractivity contribution is 0.0691. The van der Waals surface area contributed by atoms with E-state index in [1.807, 2.05) is 0 Å². The fourth-order valence-electron chi connectivity index (χ4n) is 1.60. The number of hydrogen-bond donors (Lipinski definition) is 1. The maximum atomic E-state index is 13.1. The molecule has 0 saturated heterocycles. The molecular formula is C14H9ClF2O3. The van der Waals surface area contributed by atoms with Crippen molar-refractivity contribution in [2.75, 3.05) is 0 Å². The van der Waals surface area contributed by atoms with Gasteiger partial charge in [-0.15, -0.1) is 0 Å². The first-order valence-electron chi connectivity index (χ1n) is 5.57. The molecule has 104 valence electrons. The molecule has 0 aliphatic heterocycles. The molecule has 6 heteroatoms. The molecule has 2 rings (SSSR count). The Morgan fingerprint density at radius 2 is 1.80 bits per heavy atom. The third kappa shape index (κ3) is 3.24. The van der Waals surface area contributed by atoms with Crippen molar-refractivity contribution in [1.82, 2.24) is 0 Å². The average molecular weight is 299 g/mol. The Morgan fingerprint density at radius 3 is 2.50 bits per heavy atom. The number of carboxylic acid groups (broad SMARTS) is 1. The first kappa shape index (κ1) is 14.3. The molecule has 0 saturated carbocycles. The van der Waals surface area contributed by atoms with Crippen LogP contribution in [0.3, 0.4) is 0 Å². The minimum absolute atomic E-state index is 0.0146. The van der Waals surface area contributed by atoms with Gasteiger partial charge in [-0.3, -0.25) is 0 Å². The highest BCUT2D eigenvalue weighted by Crippen LogP contribution is 2.23. The third-order valence-corrected chi connectivity index (χ3v) is 2.93. The Balaban J connectivity index is 2.23. The second-order valence-corrected chi connectivity index (χ2v) is 4.38. The molecule has 0 bridgehead atoms. The van der Waals surface area contributed by atoms with E-state index in [-0.39, 0.29) is 17.9 Å². The van der Waals surface area contributed by atoms with E-state index in [0.29, 0.717) is 10.6 Å². The van der Waals surface area contributed by atoms with Gasteiger partial charge in [0.2, 0.25) is 0 Å². The maximum Gasteiger partial charge on any atom is 0.339 e. The van der Waals surface area contributed by atoms with Crippen molar-refractivity contribution in [3.05, 3.63) is 64.2 Å². The van der Waals surface area contributed by atoms with Gasteiger partial charge >= 0.3 is 5.97 Å². The van der Waals surface area contributed by atoms with E-state index in [1.54, 1.807) is 0 Å². The predicted molar refractivity (Wildman–Crippen MR) is 69.1 cm³/mol. The Kier molecular flexibility index (Phi) is 4.20. The zero-order valence-corrected chi connectivity index (χ0v) is 10.8. The summed E-state index contributed by atoms with van der Waals surface area (Å²) < 4.78 is 31.4. The molecule has 2 aromatic carbocycles. The number of ether oxygens (including phenoxy) is 1. The minimum atomic E-state index is -1.31. The summed E-state index contributed by atoms with van der Waals surface area (Å²) in [4.78, 5) is 11.0. The van der Waals surface area contributed by atoms with E-state index >= 15 is 0 Å². The van der Waals surface area contributed by atoms with Gasteiger partial charge in [0.1, 0.15) is 29.6 Å². The fourth-order valence-corrected chi connectivity index (χ4v) is 1.78. The van der Waals surface area contributed by atoms with Gasteiger partial charge in [-0.25, -0.2) is 13.6 Å². The minimum Gasteiger partial charge on any atom is -0.488 e. The first-order valence-corrected chi connectivity index (χ1v) is 5.95. The summed E-state index contributed by atoms with van der Waals surface area (Å²) in [6, 6.07) is 6.89. The topological polar surface area (TPSA) is 46.5 Å². The van der Waals surface area contributed by atoms with Gasteiger partial charge in [0.25, 0.3) is 0 Å². The van der Waals surface area contributed by atoms with Crippen LogP contribution in [0.4, 0.5) is 8.78 Å². The summed E-state index contributed by atoms with van der Waals surface area (Å²) in [5.74, 6) is -2.49. The molecule has 0 radical (unpaired) electrons. The molecule has 0 unspecified atom stereocenters. The number of benzene rings is 2. The molecule has 0 heterocycles. The van der Waals surface area contributed by atoms with Crippen molar-refractivity contribution >= 4 is 17.6 Å². The zero-order valence-electron chi connectivity index (χ0n) is 10.1. The normalized spacial score (nSPS) is 10.3. The highest BCUT2D eigenvalue weighted by atomic mass is 35.5.